The maximum atomic E-state index is 3.48. The van der Waals surface area contributed by atoms with Gasteiger partial charge in [-0.1, -0.05) is 109 Å². The Morgan fingerprint density at radius 1 is 0.674 bits per heavy atom. The number of rotatable bonds is 6. The molecule has 0 saturated heterocycles. The maximum absolute atomic E-state index is 3.48. The number of nitrogens with zero attached hydrogens (tertiary/aromatic N) is 2. The lowest BCUT2D eigenvalue weighted by Gasteiger charge is -2.34. The lowest BCUT2D eigenvalue weighted by Crippen LogP contribution is -2.30. The van der Waals surface area contributed by atoms with Gasteiger partial charge >= 0.3 is 0 Å². The van der Waals surface area contributed by atoms with Gasteiger partial charge < -0.3 is 9.80 Å². The number of para-hydroxylation sites is 1. The number of anilines is 4. The van der Waals surface area contributed by atoms with E-state index < -0.39 is 0 Å². The van der Waals surface area contributed by atoms with E-state index in [1.165, 1.54) is 60.6 Å². The third-order valence-electron chi connectivity index (χ3n) is 9.37. The SMILES string of the molecule is CC1=CCC(N(c2ccccc2)c2cc3c4ccccc4c(N(C4=CC=CCC4)c4c#cc(C)cc4)cc3c3ccccc23)C=C1. The predicted octanol–water partition coefficient (Wildman–Crippen LogP) is 11.8. The number of aryl methyl sites for hydroxylation is 1. The van der Waals surface area contributed by atoms with E-state index in [2.05, 4.69) is 175 Å². The van der Waals surface area contributed by atoms with Crippen molar-refractivity contribution < 1.29 is 0 Å². The smallest absolute Gasteiger partial charge is 0.0971 e. The molecule has 0 aromatic heterocycles. The molecule has 6 aromatic rings. The molecule has 2 heteroatoms. The molecule has 8 rings (SSSR count). The van der Waals surface area contributed by atoms with Crippen LogP contribution in [-0.2, 0) is 0 Å². The van der Waals surface area contributed by atoms with Crippen molar-refractivity contribution in [2.45, 2.75) is 39.2 Å². The van der Waals surface area contributed by atoms with E-state index in [1.807, 2.05) is 0 Å². The quantitative estimate of drug-likeness (QED) is 0.178. The van der Waals surface area contributed by atoms with Crippen LogP contribution in [0.5, 0.6) is 0 Å². The number of hydrogen-bond acceptors (Lipinski definition) is 2. The Bertz CT molecular complexity index is 2200. The topological polar surface area (TPSA) is 6.48 Å². The molecule has 2 aliphatic rings. The zero-order chi connectivity index (χ0) is 31.0. The van der Waals surface area contributed by atoms with E-state index in [-0.39, 0.29) is 6.04 Å². The number of benzene rings is 5. The first-order valence-electron chi connectivity index (χ1n) is 16.3. The summed E-state index contributed by atoms with van der Waals surface area (Å²) in [5.74, 6) is 0. The molecule has 0 amide bonds. The largest absolute Gasteiger partial charge is 0.334 e. The average molecular weight is 593 g/mol. The summed E-state index contributed by atoms with van der Waals surface area (Å²) in [6.07, 6.45) is 16.6. The Morgan fingerprint density at radius 3 is 1.98 bits per heavy atom. The first-order valence-corrected chi connectivity index (χ1v) is 16.3. The number of fused-ring (bicyclic) bond motifs is 5. The third kappa shape index (κ3) is 4.95. The highest BCUT2D eigenvalue weighted by molar-refractivity contribution is 6.24. The van der Waals surface area contributed by atoms with Gasteiger partial charge in [0.15, 0.2) is 0 Å². The predicted molar refractivity (Wildman–Crippen MR) is 196 cm³/mol. The van der Waals surface area contributed by atoms with Gasteiger partial charge in [0.1, 0.15) is 0 Å². The Kier molecular flexibility index (Phi) is 7.16. The Morgan fingerprint density at radius 2 is 1.35 bits per heavy atom. The second kappa shape index (κ2) is 11.8. The van der Waals surface area contributed by atoms with Gasteiger partial charge in [0, 0.05) is 22.2 Å². The van der Waals surface area contributed by atoms with Crippen LogP contribution in [0.25, 0.3) is 32.3 Å². The molecule has 0 bridgehead atoms. The van der Waals surface area contributed by atoms with E-state index in [1.54, 1.807) is 0 Å². The molecule has 0 aliphatic heterocycles. The first kappa shape index (κ1) is 28.0. The minimum atomic E-state index is 0.215. The molecule has 6 aromatic carbocycles. The van der Waals surface area contributed by atoms with Crippen LogP contribution in [0.1, 0.15) is 31.7 Å². The van der Waals surface area contributed by atoms with Crippen molar-refractivity contribution in [1.29, 1.82) is 0 Å². The Labute approximate surface area is 271 Å². The molecular weight excluding hydrogens is 556 g/mol. The molecule has 0 radical (unpaired) electrons. The normalized spacial score (nSPS) is 15.9. The van der Waals surface area contributed by atoms with Crippen LogP contribution in [0.3, 0.4) is 0 Å². The standard InChI is InChI=1S/C44H36N2/c1-31-21-25-35(26-22-31)45(33-13-5-3-6-14-33)43-29-41-38-18-10-12-20-40(38)44(30-42(41)37-17-9-11-19-39(37)43)46(34-15-7-4-8-16-34)36-27-23-32(2)24-28-36/h3-7,9-15,17-23,25,27,29-30,35H,8,16,26H2,1-2H3. The second-order valence-corrected chi connectivity index (χ2v) is 12.4. The minimum Gasteiger partial charge on any atom is -0.334 e. The van der Waals surface area contributed by atoms with E-state index in [0.29, 0.717) is 0 Å². The minimum absolute atomic E-state index is 0.215. The van der Waals surface area contributed by atoms with Crippen molar-refractivity contribution in [3.63, 3.8) is 0 Å². The molecule has 0 N–H and O–H groups in total. The summed E-state index contributed by atoms with van der Waals surface area (Å²) in [5.41, 5.74) is 8.29. The molecule has 0 spiro atoms. The highest BCUT2D eigenvalue weighted by atomic mass is 15.2. The average Bonchev–Trinajstić information content (AvgIpc) is 3.11. The fraction of sp³-hybridized carbons (Fsp3) is 0.136. The molecule has 46 heavy (non-hydrogen) atoms. The van der Waals surface area contributed by atoms with Crippen LogP contribution in [0.15, 0.2) is 151 Å². The highest BCUT2D eigenvalue weighted by Crippen LogP contribution is 2.46. The zero-order valence-corrected chi connectivity index (χ0v) is 26.4. The van der Waals surface area contributed by atoms with Crippen LogP contribution in [0, 0.1) is 19.1 Å². The van der Waals surface area contributed by atoms with Crippen molar-refractivity contribution in [3.8, 4) is 0 Å². The highest BCUT2D eigenvalue weighted by Gasteiger charge is 2.25. The number of hydrogen-bond donors (Lipinski definition) is 0. The van der Waals surface area contributed by atoms with Crippen molar-refractivity contribution in [3.05, 3.63) is 169 Å². The van der Waals surface area contributed by atoms with Crippen molar-refractivity contribution in [2.24, 2.45) is 0 Å². The molecule has 2 aliphatic carbocycles. The zero-order valence-electron chi connectivity index (χ0n) is 26.4. The van der Waals surface area contributed by atoms with Gasteiger partial charge in [-0.3, -0.25) is 0 Å². The molecule has 0 fully saturated rings. The summed E-state index contributed by atoms with van der Waals surface area (Å²) < 4.78 is 0. The molecule has 0 heterocycles. The molecule has 1 unspecified atom stereocenters. The maximum Gasteiger partial charge on any atom is 0.0971 e. The van der Waals surface area contributed by atoms with Crippen molar-refractivity contribution in [2.75, 3.05) is 9.80 Å². The second-order valence-electron chi connectivity index (χ2n) is 12.4. The summed E-state index contributed by atoms with van der Waals surface area (Å²) in [7, 11) is 0. The summed E-state index contributed by atoms with van der Waals surface area (Å²) in [4.78, 5) is 4.94. The van der Waals surface area contributed by atoms with Gasteiger partial charge in [-0.15, -0.1) is 0 Å². The molecule has 1 atom stereocenters. The molecule has 222 valence electrons. The monoisotopic (exact) mass is 592 g/mol. The van der Waals surface area contributed by atoms with Gasteiger partial charge in [-0.2, -0.15) is 0 Å². The first-order chi connectivity index (χ1) is 22.7. The van der Waals surface area contributed by atoms with Crippen molar-refractivity contribution in [1.82, 2.24) is 0 Å². The van der Waals surface area contributed by atoms with Crippen LogP contribution >= 0.6 is 0 Å². The third-order valence-corrected chi connectivity index (χ3v) is 9.37. The lowest BCUT2D eigenvalue weighted by molar-refractivity contribution is 0.782. The van der Waals surface area contributed by atoms with E-state index in [9.17, 15) is 0 Å². The van der Waals surface area contributed by atoms with Crippen LogP contribution in [0.4, 0.5) is 22.7 Å². The van der Waals surface area contributed by atoms with E-state index in [4.69, 9.17) is 0 Å². The number of allylic oxidation sites excluding steroid dienone is 6. The lowest BCUT2D eigenvalue weighted by atomic mass is 9.92. The van der Waals surface area contributed by atoms with Gasteiger partial charge in [-0.25, -0.2) is 0 Å². The summed E-state index contributed by atoms with van der Waals surface area (Å²) in [6, 6.07) is 44.9. The summed E-state index contributed by atoms with van der Waals surface area (Å²) in [6.45, 7) is 4.26. The summed E-state index contributed by atoms with van der Waals surface area (Å²) in [5, 5.41) is 7.50. The molecular formula is C44H36N2. The summed E-state index contributed by atoms with van der Waals surface area (Å²) >= 11 is 0. The van der Waals surface area contributed by atoms with Crippen LogP contribution in [0.2, 0.25) is 0 Å². The van der Waals surface area contributed by atoms with Gasteiger partial charge in [0.25, 0.3) is 0 Å². The molecule has 2 nitrogen and oxygen atoms in total. The van der Waals surface area contributed by atoms with Gasteiger partial charge in [0.05, 0.1) is 23.1 Å². The Hall–Kier alpha value is -5.52. The van der Waals surface area contributed by atoms with Gasteiger partial charge in [0.2, 0.25) is 0 Å². The van der Waals surface area contributed by atoms with E-state index >= 15 is 0 Å². The van der Waals surface area contributed by atoms with E-state index in [0.717, 1.165) is 30.5 Å². The molecule has 0 saturated carbocycles. The Balaban J connectivity index is 1.43. The fourth-order valence-electron chi connectivity index (χ4n) is 7.10. The fourth-order valence-corrected chi connectivity index (χ4v) is 7.10. The van der Waals surface area contributed by atoms with Crippen LogP contribution < -0.4 is 9.80 Å². The van der Waals surface area contributed by atoms with Gasteiger partial charge in [-0.05, 0) is 109 Å². The van der Waals surface area contributed by atoms with Crippen LogP contribution in [-0.4, -0.2) is 6.04 Å². The van der Waals surface area contributed by atoms with Crippen molar-refractivity contribution >= 4 is 55.1 Å².